The Kier molecular flexibility index (Phi) is 5.41. The van der Waals surface area contributed by atoms with Crippen molar-refractivity contribution in [2.75, 3.05) is 10.6 Å². The van der Waals surface area contributed by atoms with Crippen molar-refractivity contribution in [3.8, 4) is 0 Å². The van der Waals surface area contributed by atoms with Crippen LogP contribution in [-0.2, 0) is 12.1 Å². The van der Waals surface area contributed by atoms with Crippen molar-refractivity contribution in [3.63, 3.8) is 0 Å². The quantitative estimate of drug-likeness (QED) is 0.695. The lowest BCUT2D eigenvalue weighted by atomic mass is 10.1. The van der Waals surface area contributed by atoms with Gasteiger partial charge < -0.3 is 10.6 Å². The van der Waals surface area contributed by atoms with Crippen LogP contribution in [0.2, 0.25) is 5.02 Å². The summed E-state index contributed by atoms with van der Waals surface area (Å²) in [5.74, 6) is -0.385. The summed E-state index contributed by atoms with van der Waals surface area (Å²) >= 11 is 5.91. The maximum Gasteiger partial charge on any atom is 0.297 e. The van der Waals surface area contributed by atoms with Gasteiger partial charge in [0.1, 0.15) is 0 Å². The van der Waals surface area contributed by atoms with E-state index < -0.39 is 5.91 Å². The monoisotopic (exact) mass is 384 g/mol. The molecule has 27 heavy (non-hydrogen) atoms. The molecule has 0 bridgehead atoms. The molecule has 0 aliphatic carbocycles. The van der Waals surface area contributed by atoms with Gasteiger partial charge in [-0.25, -0.2) is 0 Å². The minimum Gasteiger partial charge on any atom is -0.379 e. The van der Waals surface area contributed by atoms with Gasteiger partial charge in [0.15, 0.2) is 0 Å². The molecule has 8 heteroatoms. The van der Waals surface area contributed by atoms with Crippen LogP contribution in [0.3, 0.4) is 0 Å². The van der Waals surface area contributed by atoms with Crippen molar-refractivity contribution >= 4 is 28.9 Å². The van der Waals surface area contributed by atoms with Gasteiger partial charge in [0.25, 0.3) is 11.7 Å². The molecule has 0 fully saturated rings. The number of nitrogens with zero attached hydrogens (tertiary/aromatic N) is 4. The number of amides is 1. The second-order valence-electron chi connectivity index (χ2n) is 7.05. The third kappa shape index (κ3) is 4.83. The van der Waals surface area contributed by atoms with Gasteiger partial charge in [-0.2, -0.15) is 4.80 Å². The number of rotatable bonds is 5. The maximum absolute atomic E-state index is 12.5. The first-order valence-electron chi connectivity index (χ1n) is 8.52. The van der Waals surface area contributed by atoms with Gasteiger partial charge in [-0.3, -0.25) is 4.79 Å². The number of carbonyl (C=O) groups excluding carboxylic acids is 1. The Labute approximate surface area is 162 Å². The van der Waals surface area contributed by atoms with E-state index in [1.54, 1.807) is 0 Å². The summed E-state index contributed by atoms with van der Waals surface area (Å²) in [5.41, 5.74) is 2.17. The Morgan fingerprint density at radius 2 is 1.74 bits per heavy atom. The van der Waals surface area contributed by atoms with Gasteiger partial charge in [-0.05, 0) is 55.8 Å². The van der Waals surface area contributed by atoms with E-state index in [-0.39, 0.29) is 11.4 Å². The highest BCUT2D eigenvalue weighted by molar-refractivity contribution is 6.30. The molecule has 0 atom stereocenters. The molecule has 0 unspecified atom stereocenters. The fourth-order valence-electron chi connectivity index (χ4n) is 2.31. The molecule has 0 saturated carbocycles. The van der Waals surface area contributed by atoms with Crippen LogP contribution in [0, 0.1) is 0 Å². The van der Waals surface area contributed by atoms with Crippen LogP contribution in [0.5, 0.6) is 0 Å². The predicted molar refractivity (Wildman–Crippen MR) is 106 cm³/mol. The van der Waals surface area contributed by atoms with Crippen LogP contribution in [0.4, 0.5) is 11.4 Å². The van der Waals surface area contributed by atoms with Crippen LogP contribution in [0.25, 0.3) is 0 Å². The molecule has 2 aromatic carbocycles. The van der Waals surface area contributed by atoms with Gasteiger partial charge in [-0.1, -0.05) is 35.9 Å². The lowest BCUT2D eigenvalue weighted by Crippen LogP contribution is -2.25. The molecule has 0 radical (unpaired) electrons. The number of tetrazole rings is 1. The highest BCUT2D eigenvalue weighted by Crippen LogP contribution is 2.22. The lowest BCUT2D eigenvalue weighted by Gasteiger charge is -2.15. The largest absolute Gasteiger partial charge is 0.379 e. The van der Waals surface area contributed by atoms with Crippen LogP contribution < -0.4 is 10.6 Å². The number of hydrogen-bond donors (Lipinski definition) is 2. The Balaban J connectivity index is 1.71. The van der Waals surface area contributed by atoms with E-state index in [2.05, 4.69) is 26.0 Å². The van der Waals surface area contributed by atoms with Gasteiger partial charge in [0.2, 0.25) is 0 Å². The third-order valence-corrected chi connectivity index (χ3v) is 4.04. The Morgan fingerprint density at radius 1 is 1.07 bits per heavy atom. The van der Waals surface area contributed by atoms with Crippen LogP contribution in [0.1, 0.15) is 37.0 Å². The SMILES string of the molecule is CC(C)(C)n1nnc(C(=O)Nc2ccccc2NCc2ccc(Cl)cc2)n1. The van der Waals surface area contributed by atoms with Crippen LogP contribution >= 0.6 is 11.6 Å². The average Bonchev–Trinajstić information content (AvgIpc) is 3.13. The highest BCUT2D eigenvalue weighted by Gasteiger charge is 2.20. The first-order valence-corrected chi connectivity index (χ1v) is 8.90. The molecule has 0 spiro atoms. The molecule has 1 heterocycles. The zero-order valence-electron chi connectivity index (χ0n) is 15.4. The Hall–Kier alpha value is -2.93. The summed E-state index contributed by atoms with van der Waals surface area (Å²) in [6, 6.07) is 15.0. The van der Waals surface area contributed by atoms with Crippen molar-refractivity contribution in [1.82, 2.24) is 20.2 Å². The molecule has 1 aromatic heterocycles. The van der Waals surface area contributed by atoms with Gasteiger partial charge in [0, 0.05) is 11.6 Å². The standard InChI is InChI=1S/C19H21ClN6O/c1-19(2,3)26-24-17(23-25-26)18(27)22-16-7-5-4-6-15(16)21-12-13-8-10-14(20)11-9-13/h4-11,21H,12H2,1-3H3,(H,22,27). The molecule has 7 nitrogen and oxygen atoms in total. The number of para-hydroxylation sites is 2. The summed E-state index contributed by atoms with van der Waals surface area (Å²) in [5, 5.41) is 18.8. The van der Waals surface area contributed by atoms with Gasteiger partial charge >= 0.3 is 0 Å². The van der Waals surface area contributed by atoms with E-state index in [4.69, 9.17) is 11.6 Å². The van der Waals surface area contributed by atoms with E-state index in [0.29, 0.717) is 17.3 Å². The summed E-state index contributed by atoms with van der Waals surface area (Å²) in [6.07, 6.45) is 0. The van der Waals surface area contributed by atoms with Gasteiger partial charge in [0.05, 0.1) is 16.9 Å². The second kappa shape index (κ2) is 7.75. The molecule has 140 valence electrons. The minimum atomic E-state index is -0.411. The molecular formula is C19H21ClN6O. The highest BCUT2D eigenvalue weighted by atomic mass is 35.5. The number of benzene rings is 2. The van der Waals surface area contributed by atoms with Crippen molar-refractivity contribution in [2.24, 2.45) is 0 Å². The van der Waals surface area contributed by atoms with Gasteiger partial charge in [-0.15, -0.1) is 10.2 Å². The number of nitrogens with one attached hydrogen (secondary N) is 2. The smallest absolute Gasteiger partial charge is 0.297 e. The van der Waals surface area contributed by atoms with E-state index in [0.717, 1.165) is 11.3 Å². The summed E-state index contributed by atoms with van der Waals surface area (Å²) < 4.78 is 0. The molecule has 0 saturated heterocycles. The molecular weight excluding hydrogens is 364 g/mol. The Bertz CT molecular complexity index is 930. The number of carbonyl (C=O) groups is 1. The van der Waals surface area contributed by atoms with Crippen molar-refractivity contribution in [3.05, 3.63) is 64.9 Å². The average molecular weight is 385 g/mol. The first-order chi connectivity index (χ1) is 12.8. The normalized spacial score (nSPS) is 11.3. The summed E-state index contributed by atoms with van der Waals surface area (Å²) in [6.45, 7) is 6.41. The number of anilines is 2. The summed E-state index contributed by atoms with van der Waals surface area (Å²) in [4.78, 5) is 13.9. The number of aromatic nitrogens is 4. The number of hydrogen-bond acceptors (Lipinski definition) is 5. The van der Waals surface area contributed by atoms with E-state index in [1.807, 2.05) is 69.3 Å². The van der Waals surface area contributed by atoms with E-state index in [9.17, 15) is 4.79 Å². The fourth-order valence-corrected chi connectivity index (χ4v) is 2.44. The maximum atomic E-state index is 12.5. The molecule has 2 N–H and O–H groups in total. The van der Waals surface area contributed by atoms with E-state index >= 15 is 0 Å². The topological polar surface area (TPSA) is 84.7 Å². The predicted octanol–water partition coefficient (Wildman–Crippen LogP) is 3.95. The fraction of sp³-hybridized carbons (Fsp3) is 0.263. The molecule has 0 aliphatic rings. The zero-order valence-corrected chi connectivity index (χ0v) is 16.2. The first kappa shape index (κ1) is 18.8. The number of halogens is 1. The Morgan fingerprint density at radius 3 is 2.37 bits per heavy atom. The second-order valence-corrected chi connectivity index (χ2v) is 7.49. The zero-order chi connectivity index (χ0) is 19.4. The molecule has 0 aliphatic heterocycles. The minimum absolute atomic E-state index is 0.0254. The van der Waals surface area contributed by atoms with Crippen molar-refractivity contribution in [2.45, 2.75) is 32.9 Å². The van der Waals surface area contributed by atoms with Crippen LogP contribution in [-0.4, -0.2) is 26.1 Å². The van der Waals surface area contributed by atoms with E-state index in [1.165, 1.54) is 4.80 Å². The molecule has 3 rings (SSSR count). The lowest BCUT2D eigenvalue weighted by molar-refractivity contribution is 0.101. The van der Waals surface area contributed by atoms with Crippen LogP contribution in [0.15, 0.2) is 48.5 Å². The summed E-state index contributed by atoms with van der Waals surface area (Å²) in [7, 11) is 0. The molecule has 1 amide bonds. The van der Waals surface area contributed by atoms with Crippen molar-refractivity contribution in [1.29, 1.82) is 0 Å². The van der Waals surface area contributed by atoms with Crippen molar-refractivity contribution < 1.29 is 4.79 Å². The third-order valence-electron chi connectivity index (χ3n) is 3.79. The molecule has 3 aromatic rings.